The Kier molecular flexibility index (Phi) is 5.42. The van der Waals surface area contributed by atoms with Gasteiger partial charge in [0, 0.05) is 5.54 Å². The highest BCUT2D eigenvalue weighted by Crippen LogP contribution is 2.34. The van der Waals surface area contributed by atoms with Crippen LogP contribution >= 0.6 is 0 Å². The fourth-order valence-electron chi connectivity index (χ4n) is 2.19. The lowest BCUT2D eigenvalue weighted by atomic mass is 9.81. The number of para-hydroxylation sites is 1. The van der Waals surface area contributed by atoms with Gasteiger partial charge in [0.1, 0.15) is 5.75 Å². The molecule has 0 saturated heterocycles. The van der Waals surface area contributed by atoms with Crippen molar-refractivity contribution >= 4 is 0 Å². The predicted molar refractivity (Wildman–Crippen MR) is 83.0 cm³/mol. The van der Waals surface area contributed by atoms with Crippen molar-refractivity contribution in [3.63, 3.8) is 0 Å². The quantitative estimate of drug-likeness (QED) is 0.833. The third kappa shape index (κ3) is 5.23. The average molecular weight is 263 g/mol. The molecule has 0 unspecified atom stereocenters. The molecule has 0 aliphatic heterocycles. The average Bonchev–Trinajstić information content (AvgIpc) is 2.28. The molecule has 1 aromatic rings. The van der Waals surface area contributed by atoms with E-state index in [1.165, 1.54) is 5.56 Å². The molecule has 0 atom stereocenters. The van der Waals surface area contributed by atoms with Crippen molar-refractivity contribution in [1.82, 2.24) is 5.32 Å². The van der Waals surface area contributed by atoms with Crippen molar-refractivity contribution in [2.24, 2.45) is 0 Å². The molecule has 19 heavy (non-hydrogen) atoms. The molecule has 0 heterocycles. The standard InChI is InChI=1S/C17H29NO/c1-7-19-15-11-9-8-10-14(15)17(5,6)12-13-18-16(2,3)4/h8-11,18H,7,12-13H2,1-6H3. The van der Waals surface area contributed by atoms with Crippen LogP contribution in [0.3, 0.4) is 0 Å². The van der Waals surface area contributed by atoms with Gasteiger partial charge in [0.25, 0.3) is 0 Å². The zero-order chi connectivity index (χ0) is 14.5. The summed E-state index contributed by atoms with van der Waals surface area (Å²) in [6.07, 6.45) is 1.09. The largest absolute Gasteiger partial charge is 0.494 e. The third-order valence-electron chi connectivity index (χ3n) is 3.32. The second-order valence-corrected chi connectivity index (χ2v) is 6.74. The van der Waals surface area contributed by atoms with Gasteiger partial charge in [-0.2, -0.15) is 0 Å². The van der Waals surface area contributed by atoms with E-state index in [2.05, 4.69) is 58.1 Å². The van der Waals surface area contributed by atoms with E-state index in [1.807, 2.05) is 13.0 Å². The Bertz CT molecular complexity index is 390. The van der Waals surface area contributed by atoms with Gasteiger partial charge in [-0.05, 0) is 57.7 Å². The van der Waals surface area contributed by atoms with E-state index in [0.717, 1.165) is 18.7 Å². The van der Waals surface area contributed by atoms with Crippen LogP contribution in [0.15, 0.2) is 24.3 Å². The Hall–Kier alpha value is -1.02. The van der Waals surface area contributed by atoms with Crippen molar-refractivity contribution in [3.05, 3.63) is 29.8 Å². The minimum absolute atomic E-state index is 0.115. The molecule has 2 heteroatoms. The number of hydrogen-bond acceptors (Lipinski definition) is 2. The molecule has 1 rings (SSSR count). The van der Waals surface area contributed by atoms with Crippen LogP contribution in [-0.2, 0) is 5.41 Å². The van der Waals surface area contributed by atoms with Gasteiger partial charge in [0.05, 0.1) is 6.61 Å². The van der Waals surface area contributed by atoms with Gasteiger partial charge in [0.15, 0.2) is 0 Å². The van der Waals surface area contributed by atoms with Crippen LogP contribution in [0.25, 0.3) is 0 Å². The summed E-state index contributed by atoms with van der Waals surface area (Å²) < 4.78 is 5.75. The highest BCUT2D eigenvalue weighted by atomic mass is 16.5. The van der Waals surface area contributed by atoms with Crippen LogP contribution in [0.4, 0.5) is 0 Å². The number of hydrogen-bond donors (Lipinski definition) is 1. The van der Waals surface area contributed by atoms with Crippen molar-refractivity contribution in [3.8, 4) is 5.75 Å². The molecule has 108 valence electrons. The summed E-state index contributed by atoms with van der Waals surface area (Å²) in [6, 6.07) is 8.38. The van der Waals surface area contributed by atoms with E-state index in [-0.39, 0.29) is 11.0 Å². The summed E-state index contributed by atoms with van der Waals surface area (Å²) in [4.78, 5) is 0. The van der Waals surface area contributed by atoms with Crippen molar-refractivity contribution in [1.29, 1.82) is 0 Å². The molecular weight excluding hydrogens is 234 g/mol. The van der Waals surface area contributed by atoms with Gasteiger partial charge in [-0.1, -0.05) is 32.0 Å². The SMILES string of the molecule is CCOc1ccccc1C(C)(C)CCNC(C)(C)C. The Morgan fingerprint density at radius 3 is 2.26 bits per heavy atom. The fraction of sp³-hybridized carbons (Fsp3) is 0.647. The summed E-state index contributed by atoms with van der Waals surface area (Å²) >= 11 is 0. The molecule has 1 aromatic carbocycles. The lowest BCUT2D eigenvalue weighted by Gasteiger charge is -2.29. The first-order valence-corrected chi connectivity index (χ1v) is 7.23. The first kappa shape index (κ1) is 16.0. The van der Waals surface area contributed by atoms with E-state index < -0.39 is 0 Å². The number of nitrogens with one attached hydrogen (secondary N) is 1. The van der Waals surface area contributed by atoms with Crippen LogP contribution in [0.1, 0.15) is 53.5 Å². The summed E-state index contributed by atoms with van der Waals surface area (Å²) in [6.45, 7) is 14.9. The Labute approximate surface area is 118 Å². The monoisotopic (exact) mass is 263 g/mol. The predicted octanol–water partition coefficient (Wildman–Crippen LogP) is 4.14. The fourth-order valence-corrected chi connectivity index (χ4v) is 2.19. The summed E-state index contributed by atoms with van der Waals surface area (Å²) in [5, 5.41) is 3.56. The molecule has 0 radical (unpaired) electrons. The minimum Gasteiger partial charge on any atom is -0.494 e. The van der Waals surface area contributed by atoms with E-state index in [4.69, 9.17) is 4.74 Å². The third-order valence-corrected chi connectivity index (χ3v) is 3.32. The lowest BCUT2D eigenvalue weighted by molar-refractivity contribution is 0.320. The van der Waals surface area contributed by atoms with Gasteiger partial charge < -0.3 is 10.1 Å². The Morgan fingerprint density at radius 1 is 1.05 bits per heavy atom. The highest BCUT2D eigenvalue weighted by Gasteiger charge is 2.24. The van der Waals surface area contributed by atoms with Gasteiger partial charge in [0.2, 0.25) is 0 Å². The Morgan fingerprint density at radius 2 is 1.68 bits per heavy atom. The van der Waals surface area contributed by atoms with Gasteiger partial charge in [-0.15, -0.1) is 0 Å². The summed E-state index contributed by atoms with van der Waals surface area (Å²) in [5.74, 6) is 1.02. The van der Waals surface area contributed by atoms with Crippen molar-refractivity contribution in [2.75, 3.05) is 13.2 Å². The normalized spacial score (nSPS) is 12.5. The van der Waals surface area contributed by atoms with E-state index >= 15 is 0 Å². The van der Waals surface area contributed by atoms with Crippen LogP contribution in [0, 0.1) is 0 Å². The summed E-state index contributed by atoms with van der Waals surface area (Å²) in [7, 11) is 0. The zero-order valence-electron chi connectivity index (χ0n) is 13.3. The minimum atomic E-state index is 0.115. The van der Waals surface area contributed by atoms with Crippen LogP contribution in [0.2, 0.25) is 0 Å². The second kappa shape index (κ2) is 6.42. The lowest BCUT2D eigenvalue weighted by Crippen LogP contribution is -2.38. The van der Waals surface area contributed by atoms with Crippen LogP contribution < -0.4 is 10.1 Å². The van der Waals surface area contributed by atoms with E-state index in [1.54, 1.807) is 0 Å². The molecule has 0 aliphatic rings. The molecule has 0 fully saturated rings. The van der Waals surface area contributed by atoms with Gasteiger partial charge >= 0.3 is 0 Å². The number of ether oxygens (including phenoxy) is 1. The maximum absolute atomic E-state index is 5.75. The maximum atomic E-state index is 5.75. The highest BCUT2D eigenvalue weighted by molar-refractivity contribution is 5.38. The van der Waals surface area contributed by atoms with E-state index in [0.29, 0.717) is 6.61 Å². The first-order chi connectivity index (χ1) is 8.76. The van der Waals surface area contributed by atoms with Crippen molar-refractivity contribution in [2.45, 2.75) is 58.9 Å². The second-order valence-electron chi connectivity index (χ2n) is 6.74. The van der Waals surface area contributed by atoms with E-state index in [9.17, 15) is 0 Å². The Balaban J connectivity index is 2.76. The molecule has 0 saturated carbocycles. The maximum Gasteiger partial charge on any atom is 0.123 e. The first-order valence-electron chi connectivity index (χ1n) is 7.23. The molecule has 0 aromatic heterocycles. The molecule has 0 bridgehead atoms. The zero-order valence-corrected chi connectivity index (χ0v) is 13.3. The molecule has 0 aliphatic carbocycles. The van der Waals surface area contributed by atoms with Crippen LogP contribution in [0.5, 0.6) is 5.75 Å². The topological polar surface area (TPSA) is 21.3 Å². The molecule has 0 amide bonds. The van der Waals surface area contributed by atoms with Gasteiger partial charge in [-0.3, -0.25) is 0 Å². The number of benzene rings is 1. The molecule has 1 N–H and O–H groups in total. The van der Waals surface area contributed by atoms with Gasteiger partial charge in [-0.25, -0.2) is 0 Å². The molecule has 2 nitrogen and oxygen atoms in total. The number of rotatable bonds is 6. The van der Waals surface area contributed by atoms with Crippen molar-refractivity contribution < 1.29 is 4.74 Å². The molecular formula is C17H29NO. The summed E-state index contributed by atoms with van der Waals surface area (Å²) in [5.41, 5.74) is 1.59. The van der Waals surface area contributed by atoms with Crippen LogP contribution in [-0.4, -0.2) is 18.7 Å². The smallest absolute Gasteiger partial charge is 0.123 e. The molecule has 0 spiro atoms.